The molecule has 2 heterocycles. The molecule has 2 fully saturated rings. The highest BCUT2D eigenvalue weighted by atomic mass is 35.5. The lowest BCUT2D eigenvalue weighted by Crippen LogP contribution is -2.52. The molecule has 2 aliphatic rings. The molecule has 2 saturated heterocycles. The molecule has 0 spiro atoms. The summed E-state index contributed by atoms with van der Waals surface area (Å²) in [6.45, 7) is 3.61. The maximum absolute atomic E-state index is 12.6. The molecule has 9 nitrogen and oxygen atoms in total. The largest absolute Gasteiger partial charge is 0.362 e. The van der Waals surface area contributed by atoms with Gasteiger partial charge in [0, 0.05) is 45.0 Å². The molecule has 0 bridgehead atoms. The number of hydrogen-bond acceptors (Lipinski definition) is 7. The number of sulfone groups is 1. The minimum Gasteiger partial charge on any atom is -0.362 e. The Bertz CT molecular complexity index is 834. The number of piperidine rings is 1. The molecule has 1 amide bonds. The summed E-state index contributed by atoms with van der Waals surface area (Å²) in [5, 5.41) is 14.7. The average Bonchev–Trinajstić information content (AvgIpc) is 2.67. The van der Waals surface area contributed by atoms with Crippen LogP contribution in [0.25, 0.3) is 0 Å². The van der Waals surface area contributed by atoms with E-state index in [4.69, 9.17) is 0 Å². The summed E-state index contributed by atoms with van der Waals surface area (Å²) in [5.41, 5.74) is 0.160. The van der Waals surface area contributed by atoms with Gasteiger partial charge in [-0.3, -0.25) is 14.9 Å². The van der Waals surface area contributed by atoms with E-state index in [1.54, 1.807) is 0 Å². The summed E-state index contributed by atoms with van der Waals surface area (Å²) in [5.74, 6) is 0.150. The molecule has 0 aromatic heterocycles. The topological polar surface area (TPSA) is 113 Å². The van der Waals surface area contributed by atoms with Crippen LogP contribution >= 0.6 is 12.4 Å². The quantitative estimate of drug-likeness (QED) is 0.559. The van der Waals surface area contributed by atoms with Crippen LogP contribution in [-0.2, 0) is 14.6 Å². The van der Waals surface area contributed by atoms with E-state index in [0.29, 0.717) is 38.4 Å². The second kappa shape index (κ2) is 9.06. The van der Waals surface area contributed by atoms with Crippen LogP contribution in [0.15, 0.2) is 23.1 Å². The number of nitrogens with one attached hydrogen (secondary N) is 1. The first-order chi connectivity index (χ1) is 12.8. The van der Waals surface area contributed by atoms with E-state index in [1.165, 1.54) is 12.1 Å². The van der Waals surface area contributed by atoms with Gasteiger partial charge in [-0.05, 0) is 31.5 Å². The van der Waals surface area contributed by atoms with Crippen molar-refractivity contribution in [3.05, 3.63) is 28.3 Å². The molecular formula is C17H25ClN4O5S. The molecule has 1 N–H and O–H groups in total. The first-order valence-electron chi connectivity index (χ1n) is 9.00. The molecule has 0 aliphatic carbocycles. The van der Waals surface area contributed by atoms with Crippen molar-refractivity contribution in [2.45, 2.75) is 17.7 Å². The molecule has 28 heavy (non-hydrogen) atoms. The summed E-state index contributed by atoms with van der Waals surface area (Å²) in [4.78, 5) is 27.1. The van der Waals surface area contributed by atoms with E-state index in [9.17, 15) is 23.3 Å². The van der Waals surface area contributed by atoms with Crippen LogP contribution < -0.4 is 10.2 Å². The van der Waals surface area contributed by atoms with Crippen LogP contribution in [0.3, 0.4) is 0 Å². The van der Waals surface area contributed by atoms with E-state index < -0.39 is 14.8 Å². The fraction of sp³-hybridized carbons (Fsp3) is 0.588. The molecule has 1 aromatic carbocycles. The first-order valence-corrected chi connectivity index (χ1v) is 10.9. The number of carbonyl (C=O) groups is 1. The van der Waals surface area contributed by atoms with Crippen LogP contribution in [0.1, 0.15) is 12.8 Å². The summed E-state index contributed by atoms with van der Waals surface area (Å²) >= 11 is 0. The molecule has 0 saturated carbocycles. The number of nitrogens with zero attached hydrogens (tertiary/aromatic N) is 3. The van der Waals surface area contributed by atoms with E-state index in [1.807, 2.05) is 9.80 Å². The Morgan fingerprint density at radius 2 is 1.93 bits per heavy atom. The number of nitro groups is 1. The van der Waals surface area contributed by atoms with Crippen LogP contribution in [-0.4, -0.2) is 69.7 Å². The molecule has 1 aromatic rings. The number of rotatable bonds is 4. The van der Waals surface area contributed by atoms with Crippen LogP contribution in [0.4, 0.5) is 11.4 Å². The smallest absolute Gasteiger partial charge is 0.293 e. The molecule has 1 unspecified atom stereocenters. The third-order valence-electron chi connectivity index (χ3n) is 5.15. The summed E-state index contributed by atoms with van der Waals surface area (Å²) < 4.78 is 23.4. The van der Waals surface area contributed by atoms with Crippen molar-refractivity contribution < 1.29 is 18.1 Å². The van der Waals surface area contributed by atoms with Gasteiger partial charge in [0.25, 0.3) is 5.69 Å². The van der Waals surface area contributed by atoms with Crippen molar-refractivity contribution in [1.29, 1.82) is 0 Å². The normalized spacial score (nSPS) is 20.4. The Morgan fingerprint density at radius 1 is 1.25 bits per heavy atom. The standard InChI is InChI=1S/C17H24N4O5S.ClH/c1-27(25,26)14-4-5-15(16(11-14)21(23)24)19-7-9-20(10-8-19)17(22)13-3-2-6-18-12-13;/h4-5,11,13,18H,2-3,6-10,12H2,1H3;1H. The minimum absolute atomic E-state index is 0. The Labute approximate surface area is 170 Å². The minimum atomic E-state index is -3.52. The lowest BCUT2D eigenvalue weighted by Gasteiger charge is -2.38. The van der Waals surface area contributed by atoms with Crippen molar-refractivity contribution >= 4 is 39.5 Å². The van der Waals surface area contributed by atoms with Crippen molar-refractivity contribution in [2.75, 3.05) is 50.4 Å². The van der Waals surface area contributed by atoms with E-state index in [-0.39, 0.29) is 34.8 Å². The molecule has 156 valence electrons. The maximum Gasteiger partial charge on any atom is 0.293 e. The Hall–Kier alpha value is -1.91. The van der Waals surface area contributed by atoms with Gasteiger partial charge in [-0.1, -0.05) is 0 Å². The lowest BCUT2D eigenvalue weighted by molar-refractivity contribution is -0.384. The molecular weight excluding hydrogens is 408 g/mol. The van der Waals surface area contributed by atoms with Crippen molar-refractivity contribution in [1.82, 2.24) is 10.2 Å². The molecule has 0 radical (unpaired) electrons. The number of anilines is 1. The second-order valence-corrected chi connectivity index (χ2v) is 9.05. The highest BCUT2D eigenvalue weighted by molar-refractivity contribution is 7.90. The third-order valence-corrected chi connectivity index (χ3v) is 6.26. The Kier molecular flexibility index (Phi) is 7.24. The fourth-order valence-corrected chi connectivity index (χ4v) is 4.28. The predicted molar refractivity (Wildman–Crippen MR) is 108 cm³/mol. The van der Waals surface area contributed by atoms with Gasteiger partial charge in [0.2, 0.25) is 5.91 Å². The zero-order valence-corrected chi connectivity index (χ0v) is 17.3. The SMILES string of the molecule is CS(=O)(=O)c1ccc(N2CCN(C(=O)C3CCCNC3)CC2)c([N+](=O)[O-])c1.Cl. The Balaban J connectivity index is 0.00000280. The third kappa shape index (κ3) is 4.92. The summed E-state index contributed by atoms with van der Waals surface area (Å²) in [6, 6.07) is 3.98. The predicted octanol–water partition coefficient (Wildman–Crippen LogP) is 1.07. The number of carbonyl (C=O) groups excluding carboxylic acids is 1. The van der Waals surface area contributed by atoms with Gasteiger partial charge in [0.1, 0.15) is 5.69 Å². The van der Waals surface area contributed by atoms with Gasteiger partial charge in [-0.15, -0.1) is 12.4 Å². The fourth-order valence-electron chi connectivity index (χ4n) is 3.64. The van der Waals surface area contributed by atoms with Crippen molar-refractivity contribution in [3.63, 3.8) is 0 Å². The highest BCUT2D eigenvalue weighted by Gasteiger charge is 2.30. The number of nitro benzene ring substituents is 1. The van der Waals surface area contributed by atoms with Crippen LogP contribution in [0.5, 0.6) is 0 Å². The lowest BCUT2D eigenvalue weighted by atomic mass is 9.98. The van der Waals surface area contributed by atoms with Crippen molar-refractivity contribution in [2.24, 2.45) is 5.92 Å². The van der Waals surface area contributed by atoms with Gasteiger partial charge in [0.15, 0.2) is 9.84 Å². The van der Waals surface area contributed by atoms with E-state index >= 15 is 0 Å². The van der Waals surface area contributed by atoms with Gasteiger partial charge < -0.3 is 15.1 Å². The summed E-state index contributed by atoms with van der Waals surface area (Å²) in [7, 11) is -3.52. The second-order valence-electron chi connectivity index (χ2n) is 7.04. The average molecular weight is 433 g/mol. The van der Waals surface area contributed by atoms with Gasteiger partial charge in [0.05, 0.1) is 15.7 Å². The Morgan fingerprint density at radius 3 is 2.46 bits per heavy atom. The van der Waals surface area contributed by atoms with Gasteiger partial charge in [-0.2, -0.15) is 0 Å². The van der Waals surface area contributed by atoms with E-state index in [2.05, 4.69) is 5.32 Å². The van der Waals surface area contributed by atoms with Crippen LogP contribution in [0, 0.1) is 16.0 Å². The highest BCUT2D eigenvalue weighted by Crippen LogP contribution is 2.31. The zero-order valence-electron chi connectivity index (χ0n) is 15.7. The number of halogens is 1. The van der Waals surface area contributed by atoms with Crippen LogP contribution in [0.2, 0.25) is 0 Å². The van der Waals surface area contributed by atoms with E-state index in [0.717, 1.165) is 31.7 Å². The van der Waals surface area contributed by atoms with Gasteiger partial charge >= 0.3 is 0 Å². The number of piperazine rings is 1. The molecule has 2 aliphatic heterocycles. The monoisotopic (exact) mass is 432 g/mol. The van der Waals surface area contributed by atoms with Crippen molar-refractivity contribution in [3.8, 4) is 0 Å². The number of hydrogen-bond donors (Lipinski definition) is 1. The number of benzene rings is 1. The molecule has 1 atom stereocenters. The summed E-state index contributed by atoms with van der Waals surface area (Å²) in [6.07, 6.45) is 2.91. The zero-order chi connectivity index (χ0) is 19.6. The molecule has 3 rings (SSSR count). The molecule has 11 heteroatoms. The first kappa shape index (κ1) is 22.4. The number of amides is 1. The maximum atomic E-state index is 12.6. The van der Waals surface area contributed by atoms with Gasteiger partial charge in [-0.25, -0.2) is 8.42 Å².